The molecule has 6 N–H and O–H groups in total. The van der Waals surface area contributed by atoms with Crippen LogP contribution in [0.25, 0.3) is 0 Å². The quantitative estimate of drug-likeness (QED) is 0.0739. The van der Waals surface area contributed by atoms with E-state index in [1.54, 1.807) is 12.1 Å². The molecule has 3 saturated heterocycles. The Kier molecular flexibility index (Phi) is 12.6. The summed E-state index contributed by atoms with van der Waals surface area (Å²) in [6.45, 7) is 2.73. The standard InChI is InChI=1S/C44H52N6O6/c45-37-11-7-8-12-38(37)48-41(53)14-6-2-5-13-40(52)47-34-21-19-33(20-22-34)42-55-36(27-39(56-42)32-17-15-31(29-51)16-18-32)28-49-25-23-44(24-26-49)43(54)46-30-50(44)35-9-3-1-4-10-35/h1,3-4,7-12,15-22,36,39,42,51H,2,5-6,13-14,23-30,45H2,(H,46,54)(H,47,52)(H,48,53). The van der Waals surface area contributed by atoms with Gasteiger partial charge in [0, 0.05) is 55.8 Å². The molecule has 0 bridgehead atoms. The van der Waals surface area contributed by atoms with Crippen LogP contribution in [0.5, 0.6) is 0 Å². The largest absolute Gasteiger partial charge is 0.397 e. The summed E-state index contributed by atoms with van der Waals surface area (Å²) in [6.07, 6.45) is 3.96. The highest BCUT2D eigenvalue weighted by molar-refractivity contribution is 5.94. The van der Waals surface area contributed by atoms with Crippen LogP contribution in [0.4, 0.5) is 22.7 Å². The van der Waals surface area contributed by atoms with Crippen LogP contribution in [0.2, 0.25) is 0 Å². The summed E-state index contributed by atoms with van der Waals surface area (Å²) in [5.74, 6) is -0.0758. The van der Waals surface area contributed by atoms with E-state index in [9.17, 15) is 19.5 Å². The number of hydrogen-bond donors (Lipinski definition) is 5. The Morgan fingerprint density at radius 3 is 2.16 bits per heavy atom. The van der Waals surface area contributed by atoms with Crippen LogP contribution in [0.1, 0.15) is 80.5 Å². The molecule has 4 aromatic carbocycles. The van der Waals surface area contributed by atoms with E-state index in [1.165, 1.54) is 0 Å². The maximum Gasteiger partial charge on any atom is 0.247 e. The molecule has 0 saturated carbocycles. The molecule has 4 aromatic rings. The Labute approximate surface area is 328 Å². The maximum atomic E-state index is 13.2. The summed E-state index contributed by atoms with van der Waals surface area (Å²) in [7, 11) is 0. The molecule has 12 heteroatoms. The fraction of sp³-hybridized carbons (Fsp3) is 0.386. The van der Waals surface area contributed by atoms with Crippen LogP contribution < -0.4 is 26.6 Å². The molecule has 3 aliphatic heterocycles. The fourth-order valence-corrected chi connectivity index (χ4v) is 7.98. The highest BCUT2D eigenvalue weighted by Gasteiger charge is 2.50. The molecule has 0 radical (unpaired) electrons. The normalized spacial score (nSPS) is 20.8. The predicted molar refractivity (Wildman–Crippen MR) is 216 cm³/mol. The van der Waals surface area contributed by atoms with E-state index in [0.29, 0.717) is 62.4 Å². The predicted octanol–water partition coefficient (Wildman–Crippen LogP) is 6.26. The summed E-state index contributed by atoms with van der Waals surface area (Å²) in [5, 5.41) is 18.5. The number of hydrogen-bond acceptors (Lipinski definition) is 9. The molecule has 3 atom stereocenters. The van der Waals surface area contributed by atoms with Crippen molar-refractivity contribution in [3.8, 4) is 0 Å². The van der Waals surface area contributed by atoms with Crippen LogP contribution in [0.15, 0.2) is 103 Å². The Morgan fingerprint density at radius 2 is 1.46 bits per heavy atom. The smallest absolute Gasteiger partial charge is 0.247 e. The number of carbonyl (C=O) groups excluding carboxylic acids is 3. The number of nitrogens with two attached hydrogens (primary N) is 1. The second-order valence-corrected chi connectivity index (χ2v) is 15.0. The van der Waals surface area contributed by atoms with Gasteiger partial charge in [0.2, 0.25) is 17.7 Å². The van der Waals surface area contributed by atoms with E-state index < -0.39 is 11.8 Å². The van der Waals surface area contributed by atoms with E-state index in [1.807, 2.05) is 78.9 Å². The molecule has 7 rings (SSSR count). The number of amides is 3. The lowest BCUT2D eigenvalue weighted by Crippen LogP contribution is -2.57. The van der Waals surface area contributed by atoms with Crippen molar-refractivity contribution >= 4 is 40.5 Å². The van der Waals surface area contributed by atoms with Gasteiger partial charge in [-0.1, -0.05) is 73.2 Å². The van der Waals surface area contributed by atoms with Crippen molar-refractivity contribution in [1.82, 2.24) is 10.2 Å². The lowest BCUT2D eigenvalue weighted by molar-refractivity contribution is -0.253. The van der Waals surface area contributed by atoms with Crippen LogP contribution >= 0.6 is 0 Å². The lowest BCUT2D eigenvalue weighted by atomic mass is 9.85. The number of para-hydroxylation sites is 3. The number of carbonyl (C=O) groups is 3. The first-order chi connectivity index (χ1) is 27.3. The van der Waals surface area contributed by atoms with E-state index in [4.69, 9.17) is 15.2 Å². The topological polar surface area (TPSA) is 158 Å². The van der Waals surface area contributed by atoms with Crippen LogP contribution in [-0.2, 0) is 30.5 Å². The highest BCUT2D eigenvalue weighted by atomic mass is 16.7. The molecule has 294 valence electrons. The van der Waals surface area contributed by atoms with Crippen molar-refractivity contribution in [3.05, 3.63) is 120 Å². The third-order valence-corrected chi connectivity index (χ3v) is 11.2. The third-order valence-electron chi connectivity index (χ3n) is 11.2. The number of nitrogen functional groups attached to an aromatic ring is 1. The first-order valence-electron chi connectivity index (χ1n) is 19.7. The average molecular weight is 761 g/mol. The van der Waals surface area contributed by atoms with Gasteiger partial charge < -0.3 is 46.1 Å². The van der Waals surface area contributed by atoms with Gasteiger partial charge in [-0.3, -0.25) is 14.4 Å². The SMILES string of the molecule is Nc1ccccc1NC(=O)CCCCCC(=O)Nc1ccc(C2OC(CN3CCC4(CC3)C(=O)NCN4c3ccccc3)CC(c3ccc(CO)cc3)O2)cc1. The van der Waals surface area contributed by atoms with Gasteiger partial charge in [-0.2, -0.15) is 0 Å². The molecular formula is C44H52N6O6. The first-order valence-corrected chi connectivity index (χ1v) is 19.7. The Balaban J connectivity index is 0.926. The van der Waals surface area contributed by atoms with Gasteiger partial charge in [0.05, 0.1) is 36.9 Å². The zero-order valence-electron chi connectivity index (χ0n) is 31.7. The van der Waals surface area contributed by atoms with Crippen molar-refractivity contribution in [1.29, 1.82) is 0 Å². The van der Waals surface area contributed by atoms with Gasteiger partial charge >= 0.3 is 0 Å². The summed E-state index contributed by atoms with van der Waals surface area (Å²) in [5.41, 5.74) is 10.9. The van der Waals surface area contributed by atoms with Crippen LogP contribution in [0.3, 0.4) is 0 Å². The van der Waals surface area contributed by atoms with E-state index >= 15 is 0 Å². The number of aliphatic hydroxyl groups excluding tert-OH is 1. The van der Waals surface area contributed by atoms with Gasteiger partial charge in [0.15, 0.2) is 6.29 Å². The molecular weight excluding hydrogens is 709 g/mol. The van der Waals surface area contributed by atoms with E-state index in [-0.39, 0.29) is 36.5 Å². The molecule has 3 aliphatic rings. The molecule has 3 unspecified atom stereocenters. The van der Waals surface area contributed by atoms with Gasteiger partial charge in [-0.05, 0) is 73.2 Å². The molecule has 12 nitrogen and oxygen atoms in total. The molecule has 3 heterocycles. The highest BCUT2D eigenvalue weighted by Crippen LogP contribution is 2.40. The van der Waals surface area contributed by atoms with Gasteiger partial charge in [-0.25, -0.2) is 0 Å². The Morgan fingerprint density at radius 1 is 0.804 bits per heavy atom. The Hall–Kier alpha value is -5.27. The van der Waals surface area contributed by atoms with E-state index in [2.05, 4.69) is 37.9 Å². The molecule has 1 spiro atoms. The van der Waals surface area contributed by atoms with E-state index in [0.717, 1.165) is 54.7 Å². The maximum absolute atomic E-state index is 13.2. The number of rotatable bonds is 14. The molecule has 56 heavy (non-hydrogen) atoms. The number of nitrogens with one attached hydrogen (secondary N) is 3. The average Bonchev–Trinajstić information content (AvgIpc) is 3.54. The summed E-state index contributed by atoms with van der Waals surface area (Å²) in [6, 6.07) is 32.7. The minimum absolute atomic E-state index is 0.0244. The second kappa shape index (κ2) is 18.1. The summed E-state index contributed by atoms with van der Waals surface area (Å²) >= 11 is 0. The number of unbranched alkanes of at least 4 members (excludes halogenated alkanes) is 2. The van der Waals surface area contributed by atoms with Crippen LogP contribution in [0, 0.1) is 0 Å². The minimum Gasteiger partial charge on any atom is -0.397 e. The van der Waals surface area contributed by atoms with Gasteiger partial charge in [0.25, 0.3) is 0 Å². The zero-order valence-corrected chi connectivity index (χ0v) is 31.7. The Bertz CT molecular complexity index is 1930. The third kappa shape index (κ3) is 9.39. The molecule has 0 aromatic heterocycles. The summed E-state index contributed by atoms with van der Waals surface area (Å²) in [4.78, 5) is 42.9. The minimum atomic E-state index is -0.623. The lowest BCUT2D eigenvalue weighted by Gasteiger charge is -2.45. The fourth-order valence-electron chi connectivity index (χ4n) is 7.98. The summed E-state index contributed by atoms with van der Waals surface area (Å²) < 4.78 is 13.2. The molecule has 3 amide bonds. The number of benzene rings is 4. The van der Waals surface area contributed by atoms with Gasteiger partial charge in [-0.15, -0.1) is 0 Å². The zero-order chi connectivity index (χ0) is 38.9. The van der Waals surface area contributed by atoms with Crippen molar-refractivity contribution in [2.45, 2.75) is 82.0 Å². The number of ether oxygens (including phenoxy) is 2. The molecule has 3 fully saturated rings. The number of anilines is 4. The van der Waals surface area contributed by atoms with Crippen LogP contribution in [-0.4, -0.2) is 65.7 Å². The second-order valence-electron chi connectivity index (χ2n) is 15.0. The number of aliphatic hydroxyl groups is 1. The van der Waals surface area contributed by atoms with Crippen molar-refractivity contribution in [3.63, 3.8) is 0 Å². The number of likely N-dealkylation sites (tertiary alicyclic amines) is 1. The van der Waals surface area contributed by atoms with Crippen molar-refractivity contribution in [2.75, 3.05) is 47.6 Å². The monoisotopic (exact) mass is 760 g/mol. The van der Waals surface area contributed by atoms with Gasteiger partial charge in [0.1, 0.15) is 5.54 Å². The first kappa shape index (κ1) is 39.0. The molecule has 0 aliphatic carbocycles. The number of nitrogens with zero attached hydrogens (tertiary/aromatic N) is 2. The van der Waals surface area contributed by atoms with Crippen molar-refractivity contribution < 1.29 is 29.0 Å². The number of piperidine rings is 1. The van der Waals surface area contributed by atoms with Crippen molar-refractivity contribution in [2.24, 2.45) is 0 Å².